The van der Waals surface area contributed by atoms with E-state index in [4.69, 9.17) is 16.7 Å². The Morgan fingerprint density at radius 1 is 1.50 bits per heavy atom. The molecule has 0 radical (unpaired) electrons. The number of carbonyl (C=O) groups is 2. The van der Waals surface area contributed by atoms with Crippen molar-refractivity contribution in [3.8, 4) is 0 Å². The summed E-state index contributed by atoms with van der Waals surface area (Å²) in [5.41, 5.74) is -0.101. The van der Waals surface area contributed by atoms with Crippen molar-refractivity contribution in [2.75, 3.05) is 4.90 Å². The van der Waals surface area contributed by atoms with Crippen LogP contribution < -0.4 is 4.90 Å². The molecule has 0 saturated carbocycles. The van der Waals surface area contributed by atoms with E-state index in [0.717, 1.165) is 11.0 Å². The first kappa shape index (κ1) is 14.4. The lowest BCUT2D eigenvalue weighted by molar-refractivity contribution is -0.140. The van der Waals surface area contributed by atoms with Crippen LogP contribution in [0.4, 0.5) is 10.1 Å². The van der Waals surface area contributed by atoms with E-state index in [0.29, 0.717) is 6.41 Å². The minimum absolute atomic E-state index is 0.101. The van der Waals surface area contributed by atoms with Gasteiger partial charge in [0.05, 0.1) is 5.69 Å². The first-order valence-corrected chi connectivity index (χ1v) is 5.67. The van der Waals surface area contributed by atoms with Crippen LogP contribution in [0, 0.1) is 11.7 Å². The van der Waals surface area contributed by atoms with Crippen LogP contribution in [0.25, 0.3) is 0 Å². The van der Waals surface area contributed by atoms with Crippen LogP contribution >= 0.6 is 11.6 Å². The average molecular weight is 274 g/mol. The zero-order valence-electron chi connectivity index (χ0n) is 9.93. The first-order valence-electron chi connectivity index (χ1n) is 5.30. The molecule has 1 aromatic carbocycles. The highest BCUT2D eigenvalue weighted by Gasteiger charge is 2.30. The largest absolute Gasteiger partial charge is 0.480 e. The quantitative estimate of drug-likeness (QED) is 0.839. The third-order valence-corrected chi connectivity index (χ3v) is 2.72. The molecule has 0 spiro atoms. The highest BCUT2D eigenvalue weighted by atomic mass is 35.5. The van der Waals surface area contributed by atoms with Crippen LogP contribution in [-0.2, 0) is 9.59 Å². The smallest absolute Gasteiger partial charge is 0.327 e. The molecule has 1 rings (SSSR count). The van der Waals surface area contributed by atoms with Crippen molar-refractivity contribution in [3.63, 3.8) is 0 Å². The van der Waals surface area contributed by atoms with E-state index in [2.05, 4.69) is 0 Å². The van der Waals surface area contributed by atoms with Crippen molar-refractivity contribution < 1.29 is 19.1 Å². The van der Waals surface area contributed by atoms with E-state index >= 15 is 0 Å². The Labute approximate surface area is 109 Å². The normalized spacial score (nSPS) is 12.3. The Morgan fingerprint density at radius 3 is 2.50 bits per heavy atom. The molecule has 0 heterocycles. The van der Waals surface area contributed by atoms with Gasteiger partial charge >= 0.3 is 5.97 Å². The summed E-state index contributed by atoms with van der Waals surface area (Å²) in [4.78, 5) is 23.1. The monoisotopic (exact) mass is 273 g/mol. The number of amides is 1. The maximum atomic E-state index is 13.7. The molecule has 1 amide bonds. The SMILES string of the molecule is CC(C)C(C(=O)O)N(C=O)c1ccc(Cl)cc1F. The molecule has 18 heavy (non-hydrogen) atoms. The molecule has 1 unspecified atom stereocenters. The second kappa shape index (κ2) is 5.82. The molecule has 0 bridgehead atoms. The van der Waals surface area contributed by atoms with Gasteiger partial charge in [-0.05, 0) is 24.1 Å². The summed E-state index contributed by atoms with van der Waals surface area (Å²) in [7, 11) is 0. The average Bonchev–Trinajstić information content (AvgIpc) is 2.25. The molecule has 98 valence electrons. The summed E-state index contributed by atoms with van der Waals surface area (Å²) in [5.74, 6) is -2.28. The van der Waals surface area contributed by atoms with Crippen molar-refractivity contribution in [2.45, 2.75) is 19.9 Å². The second-order valence-corrected chi connectivity index (χ2v) is 4.57. The molecule has 0 fully saturated rings. The Balaban J connectivity index is 3.23. The fourth-order valence-electron chi connectivity index (χ4n) is 1.69. The predicted molar refractivity (Wildman–Crippen MR) is 66.2 cm³/mol. The molecule has 0 saturated heterocycles. The number of carboxylic acids is 1. The summed E-state index contributed by atoms with van der Waals surface area (Å²) in [6.07, 6.45) is 0.311. The van der Waals surface area contributed by atoms with Crippen LogP contribution in [0.2, 0.25) is 5.02 Å². The molecular weight excluding hydrogens is 261 g/mol. The molecule has 0 aliphatic rings. The summed E-state index contributed by atoms with van der Waals surface area (Å²) < 4.78 is 13.7. The summed E-state index contributed by atoms with van der Waals surface area (Å²) in [6, 6.07) is 2.59. The number of aliphatic carboxylic acids is 1. The van der Waals surface area contributed by atoms with Gasteiger partial charge in [0.2, 0.25) is 6.41 Å². The van der Waals surface area contributed by atoms with Gasteiger partial charge in [-0.25, -0.2) is 9.18 Å². The molecular formula is C12H13ClFNO3. The lowest BCUT2D eigenvalue weighted by atomic mass is 10.0. The van der Waals surface area contributed by atoms with Crippen LogP contribution in [-0.4, -0.2) is 23.5 Å². The second-order valence-electron chi connectivity index (χ2n) is 4.14. The number of hydrogen-bond acceptors (Lipinski definition) is 2. The lowest BCUT2D eigenvalue weighted by Gasteiger charge is -2.28. The Hall–Kier alpha value is -1.62. The van der Waals surface area contributed by atoms with Gasteiger partial charge in [0.1, 0.15) is 11.9 Å². The molecule has 1 atom stereocenters. The molecule has 0 aliphatic carbocycles. The Kier molecular flexibility index (Phi) is 4.67. The van der Waals surface area contributed by atoms with Gasteiger partial charge in [0.15, 0.2) is 0 Å². The van der Waals surface area contributed by atoms with Gasteiger partial charge < -0.3 is 5.11 Å². The van der Waals surface area contributed by atoms with E-state index in [9.17, 15) is 14.0 Å². The highest BCUT2D eigenvalue weighted by Crippen LogP contribution is 2.25. The van der Waals surface area contributed by atoms with Crippen molar-refractivity contribution in [1.82, 2.24) is 0 Å². The van der Waals surface area contributed by atoms with Gasteiger partial charge in [-0.3, -0.25) is 9.69 Å². The maximum absolute atomic E-state index is 13.7. The van der Waals surface area contributed by atoms with Gasteiger partial charge in [0.25, 0.3) is 0 Å². The van der Waals surface area contributed by atoms with Gasteiger partial charge in [0, 0.05) is 5.02 Å². The molecule has 4 nitrogen and oxygen atoms in total. The van der Waals surface area contributed by atoms with E-state index in [1.165, 1.54) is 12.1 Å². The highest BCUT2D eigenvalue weighted by molar-refractivity contribution is 6.30. The molecule has 1 N–H and O–H groups in total. The van der Waals surface area contributed by atoms with Crippen molar-refractivity contribution >= 4 is 29.7 Å². The number of hydrogen-bond donors (Lipinski definition) is 1. The van der Waals surface area contributed by atoms with Crippen LogP contribution in [0.15, 0.2) is 18.2 Å². The third-order valence-electron chi connectivity index (χ3n) is 2.49. The van der Waals surface area contributed by atoms with Gasteiger partial charge in [-0.2, -0.15) is 0 Å². The third kappa shape index (κ3) is 2.98. The van der Waals surface area contributed by atoms with Crippen LogP contribution in [0.5, 0.6) is 0 Å². The van der Waals surface area contributed by atoms with Crippen LogP contribution in [0.3, 0.4) is 0 Å². The van der Waals surface area contributed by atoms with Crippen molar-refractivity contribution in [1.29, 1.82) is 0 Å². The number of nitrogens with zero attached hydrogens (tertiary/aromatic N) is 1. The van der Waals surface area contributed by atoms with E-state index in [-0.39, 0.29) is 16.6 Å². The zero-order chi connectivity index (χ0) is 13.9. The number of anilines is 1. The molecule has 0 aromatic heterocycles. The molecule has 6 heteroatoms. The van der Waals surface area contributed by atoms with Crippen LogP contribution in [0.1, 0.15) is 13.8 Å². The van der Waals surface area contributed by atoms with Crippen molar-refractivity contribution in [3.05, 3.63) is 29.0 Å². The Morgan fingerprint density at radius 2 is 2.11 bits per heavy atom. The standard InChI is InChI=1S/C12H13ClFNO3/c1-7(2)11(12(17)18)15(6-16)10-4-3-8(13)5-9(10)14/h3-7,11H,1-2H3,(H,17,18). The lowest BCUT2D eigenvalue weighted by Crippen LogP contribution is -2.44. The molecule has 1 aromatic rings. The Bertz CT molecular complexity index is 465. The van der Waals surface area contributed by atoms with Gasteiger partial charge in [-0.1, -0.05) is 25.4 Å². The molecule has 0 aliphatic heterocycles. The summed E-state index contributed by atoms with van der Waals surface area (Å²) in [5, 5.41) is 9.28. The first-order chi connectivity index (χ1) is 8.38. The number of halogens is 2. The van der Waals surface area contributed by atoms with Gasteiger partial charge in [-0.15, -0.1) is 0 Å². The van der Waals surface area contributed by atoms with E-state index < -0.39 is 17.8 Å². The minimum Gasteiger partial charge on any atom is -0.480 e. The number of carbonyl (C=O) groups excluding carboxylic acids is 1. The topological polar surface area (TPSA) is 57.6 Å². The maximum Gasteiger partial charge on any atom is 0.327 e. The number of benzene rings is 1. The summed E-state index contributed by atoms with van der Waals surface area (Å²) in [6.45, 7) is 3.28. The van der Waals surface area contributed by atoms with E-state index in [1.807, 2.05) is 0 Å². The van der Waals surface area contributed by atoms with Crippen molar-refractivity contribution in [2.24, 2.45) is 5.92 Å². The zero-order valence-corrected chi connectivity index (χ0v) is 10.7. The fourth-order valence-corrected chi connectivity index (χ4v) is 1.85. The van der Waals surface area contributed by atoms with E-state index in [1.54, 1.807) is 13.8 Å². The fraction of sp³-hybridized carbons (Fsp3) is 0.333. The summed E-state index contributed by atoms with van der Waals surface area (Å²) >= 11 is 5.61. The number of carboxylic acid groups (broad SMARTS) is 1. The predicted octanol–water partition coefficient (Wildman–Crippen LogP) is 2.55. The number of rotatable bonds is 5. The minimum atomic E-state index is -1.19.